The molecular formula is C21H22FN5O6S2. The van der Waals surface area contributed by atoms with E-state index in [0.29, 0.717) is 5.69 Å². The number of halogens is 1. The molecule has 0 aliphatic rings. The van der Waals surface area contributed by atoms with Crippen LogP contribution in [0, 0.1) is 5.82 Å². The van der Waals surface area contributed by atoms with E-state index in [1.807, 2.05) is 0 Å². The predicted octanol–water partition coefficient (Wildman–Crippen LogP) is 3.59. The van der Waals surface area contributed by atoms with Gasteiger partial charge in [-0.1, -0.05) is 6.07 Å². The molecule has 0 aliphatic heterocycles. The van der Waals surface area contributed by atoms with Crippen molar-refractivity contribution in [2.75, 3.05) is 36.1 Å². The van der Waals surface area contributed by atoms with Crippen molar-refractivity contribution in [3.05, 3.63) is 53.3 Å². The van der Waals surface area contributed by atoms with Gasteiger partial charge in [-0.05, 0) is 30.3 Å². The molecule has 4 N–H and O–H groups in total. The lowest BCUT2D eigenvalue weighted by atomic mass is 10.2. The third kappa shape index (κ3) is 6.65. The zero-order valence-electron chi connectivity index (χ0n) is 18.8. The van der Waals surface area contributed by atoms with E-state index < -0.39 is 23.1 Å². The number of anilines is 3. The highest BCUT2D eigenvalue weighted by Crippen LogP contribution is 2.38. The van der Waals surface area contributed by atoms with Crippen LogP contribution in [-0.2, 0) is 22.5 Å². The number of ether oxygens (including phenoxy) is 2. The van der Waals surface area contributed by atoms with E-state index in [2.05, 4.69) is 20.9 Å². The van der Waals surface area contributed by atoms with Crippen molar-refractivity contribution in [1.29, 1.82) is 0 Å². The molecule has 0 aliphatic carbocycles. The molecule has 2 aromatic carbocycles. The fourth-order valence-electron chi connectivity index (χ4n) is 2.80. The van der Waals surface area contributed by atoms with Gasteiger partial charge in [0.1, 0.15) is 0 Å². The van der Waals surface area contributed by atoms with Crippen LogP contribution in [-0.4, -0.2) is 46.9 Å². The Morgan fingerprint density at radius 2 is 2.00 bits per heavy atom. The first-order valence-electron chi connectivity index (χ1n) is 9.94. The number of hydrogen-bond donors (Lipinski definition) is 4. The Labute approximate surface area is 206 Å². The van der Waals surface area contributed by atoms with Gasteiger partial charge in [-0.2, -0.15) is 0 Å². The summed E-state index contributed by atoms with van der Waals surface area (Å²) in [6.45, 7) is 0. The van der Waals surface area contributed by atoms with Crippen LogP contribution < -0.4 is 29.7 Å². The van der Waals surface area contributed by atoms with E-state index in [1.165, 1.54) is 57.6 Å². The molecule has 35 heavy (non-hydrogen) atoms. The molecule has 1 unspecified atom stereocenters. The van der Waals surface area contributed by atoms with Crippen LogP contribution >= 0.6 is 11.3 Å². The number of rotatable bonds is 9. The van der Waals surface area contributed by atoms with Crippen LogP contribution in [0.4, 0.5) is 25.7 Å². The first-order chi connectivity index (χ1) is 16.7. The van der Waals surface area contributed by atoms with E-state index in [-0.39, 0.29) is 46.1 Å². The molecule has 0 radical (unpaired) electrons. The second-order valence-corrected chi connectivity index (χ2v) is 8.72. The number of aromatic nitrogens is 1. The fraction of sp³-hybridized carbons (Fsp3) is 0.190. The van der Waals surface area contributed by atoms with Gasteiger partial charge in [-0.25, -0.2) is 18.4 Å². The van der Waals surface area contributed by atoms with Crippen LogP contribution in [0.2, 0.25) is 0 Å². The zero-order valence-corrected chi connectivity index (χ0v) is 20.5. The van der Waals surface area contributed by atoms with Crippen LogP contribution in [0.5, 0.6) is 17.2 Å². The summed E-state index contributed by atoms with van der Waals surface area (Å²) >= 11 is -1.20. The Hall–Kier alpha value is -3.75. The van der Waals surface area contributed by atoms with Gasteiger partial charge >= 0.3 is 6.03 Å². The maximum atomic E-state index is 14.4. The summed E-state index contributed by atoms with van der Waals surface area (Å²) in [4.78, 5) is 28.4. The summed E-state index contributed by atoms with van der Waals surface area (Å²) in [6.07, 6.45) is 0.0610. The van der Waals surface area contributed by atoms with E-state index in [9.17, 15) is 22.7 Å². The molecule has 1 aromatic heterocycles. The molecule has 0 fully saturated rings. The molecule has 0 bridgehead atoms. The number of carbonyl (C=O) groups excluding carboxylic acids is 2. The van der Waals surface area contributed by atoms with E-state index in [0.717, 1.165) is 15.6 Å². The summed E-state index contributed by atoms with van der Waals surface area (Å²) in [6, 6.07) is 7.70. The van der Waals surface area contributed by atoms with Crippen molar-refractivity contribution in [2.24, 2.45) is 0 Å². The summed E-state index contributed by atoms with van der Waals surface area (Å²) < 4.78 is 47.2. The van der Waals surface area contributed by atoms with Crippen molar-refractivity contribution in [3.63, 3.8) is 0 Å². The number of methoxy groups -OCH3 is 1. The van der Waals surface area contributed by atoms with Gasteiger partial charge in [-0.3, -0.25) is 19.0 Å². The molecule has 1 heterocycles. The quantitative estimate of drug-likeness (QED) is 0.314. The second kappa shape index (κ2) is 11.6. The number of nitrogens with zero attached hydrogens (tertiary/aromatic N) is 2. The van der Waals surface area contributed by atoms with Gasteiger partial charge in [0.2, 0.25) is 11.7 Å². The van der Waals surface area contributed by atoms with E-state index in [4.69, 9.17) is 9.47 Å². The number of thiazole rings is 1. The topological polar surface area (TPSA) is 142 Å². The number of likely N-dealkylation sites (N-methyl/N-ethyl adjacent to an activating group) is 1. The van der Waals surface area contributed by atoms with Crippen molar-refractivity contribution in [1.82, 2.24) is 10.3 Å². The Bertz CT molecular complexity index is 1250. The Balaban J connectivity index is 1.87. The van der Waals surface area contributed by atoms with Crippen molar-refractivity contribution in [3.8, 4) is 17.2 Å². The molecule has 0 saturated carbocycles. The molecular weight excluding hydrogens is 501 g/mol. The highest BCUT2D eigenvalue weighted by Gasteiger charge is 2.18. The molecule has 0 saturated heterocycles. The number of urea groups is 1. The zero-order chi connectivity index (χ0) is 25.5. The Kier molecular flexibility index (Phi) is 8.57. The normalized spacial score (nSPS) is 11.3. The SMILES string of the molecule is CNC(=O)Cc1csc(NC(=O)Nc2cc(N(C)S(=O)O)ccc2Oc2c(F)cccc2OC)n1. The smallest absolute Gasteiger partial charge is 0.325 e. The van der Waals surface area contributed by atoms with Crippen LogP contribution in [0.25, 0.3) is 0 Å². The first kappa shape index (κ1) is 25.9. The minimum atomic E-state index is -2.33. The van der Waals surface area contributed by atoms with Crippen molar-refractivity contribution >= 4 is 51.0 Å². The van der Waals surface area contributed by atoms with Gasteiger partial charge in [0.15, 0.2) is 22.4 Å². The molecule has 1 atom stereocenters. The summed E-state index contributed by atoms with van der Waals surface area (Å²) in [7, 11) is 4.24. The molecule has 3 aromatic rings. The van der Waals surface area contributed by atoms with Gasteiger partial charge in [0.05, 0.1) is 30.6 Å². The lowest BCUT2D eigenvalue weighted by molar-refractivity contribution is -0.120. The molecule has 0 spiro atoms. The third-order valence-corrected chi connectivity index (χ3v) is 6.05. The van der Waals surface area contributed by atoms with Crippen LogP contribution in [0.15, 0.2) is 41.8 Å². The lowest BCUT2D eigenvalue weighted by Gasteiger charge is -2.19. The number of amides is 3. The minimum Gasteiger partial charge on any atom is -0.493 e. The number of carbonyl (C=O) groups is 2. The highest BCUT2D eigenvalue weighted by atomic mass is 32.2. The fourth-order valence-corrected chi connectivity index (χ4v) is 3.80. The molecule has 186 valence electrons. The molecule has 3 rings (SSSR count). The molecule has 14 heteroatoms. The lowest BCUT2D eigenvalue weighted by Crippen LogP contribution is -2.22. The van der Waals surface area contributed by atoms with Crippen LogP contribution in [0.3, 0.4) is 0 Å². The van der Waals surface area contributed by atoms with Gasteiger partial charge in [0.25, 0.3) is 11.3 Å². The van der Waals surface area contributed by atoms with Crippen molar-refractivity contribution < 1.29 is 32.2 Å². The minimum absolute atomic E-state index is 0.0452. The molecule has 3 amide bonds. The van der Waals surface area contributed by atoms with Crippen molar-refractivity contribution in [2.45, 2.75) is 6.42 Å². The largest absolute Gasteiger partial charge is 0.493 e. The monoisotopic (exact) mass is 523 g/mol. The summed E-state index contributed by atoms with van der Waals surface area (Å²) in [5, 5.41) is 9.49. The first-order valence-corrected chi connectivity index (χ1v) is 11.9. The van der Waals surface area contributed by atoms with E-state index >= 15 is 0 Å². The highest BCUT2D eigenvalue weighted by molar-refractivity contribution is 7.80. The van der Waals surface area contributed by atoms with Gasteiger partial charge in [0, 0.05) is 19.5 Å². The average molecular weight is 524 g/mol. The Morgan fingerprint density at radius 3 is 2.69 bits per heavy atom. The van der Waals surface area contributed by atoms with E-state index in [1.54, 1.807) is 5.38 Å². The second-order valence-electron chi connectivity index (χ2n) is 6.86. The number of para-hydroxylation sites is 1. The molecule has 11 nitrogen and oxygen atoms in total. The maximum absolute atomic E-state index is 14.4. The number of hydrogen-bond acceptors (Lipinski definition) is 7. The number of benzene rings is 2. The van der Waals surface area contributed by atoms with Crippen LogP contribution in [0.1, 0.15) is 5.69 Å². The van der Waals surface area contributed by atoms with Gasteiger partial charge < -0.3 is 20.1 Å². The van der Waals surface area contributed by atoms with Gasteiger partial charge in [-0.15, -0.1) is 11.3 Å². The standard InChI is InChI=1S/C21H22FN5O6S2/c1-23-18(28)9-12-11-34-21(24-12)26-20(29)25-15-10-13(27(2)35(30)31)7-8-16(15)33-19-14(22)5-4-6-17(19)32-3/h4-8,10-11H,9H2,1-3H3,(H,23,28)(H,30,31)(H2,24,25,26,29). The summed E-state index contributed by atoms with van der Waals surface area (Å²) in [5.41, 5.74) is 0.829. The predicted molar refractivity (Wildman–Crippen MR) is 131 cm³/mol. The average Bonchev–Trinajstić information content (AvgIpc) is 3.26. The summed E-state index contributed by atoms with van der Waals surface area (Å²) in [5.74, 6) is -0.944. The number of nitrogens with one attached hydrogen (secondary N) is 3. The Morgan fingerprint density at radius 1 is 1.23 bits per heavy atom. The maximum Gasteiger partial charge on any atom is 0.325 e. The third-order valence-electron chi connectivity index (χ3n) is 4.56.